The van der Waals surface area contributed by atoms with Gasteiger partial charge >= 0.3 is 0 Å². The molecule has 8 heteroatoms. The number of rotatable bonds is 3. The first-order chi connectivity index (χ1) is 17.9. The number of carbonyl (C=O) groups is 4. The molecule has 8 nitrogen and oxygen atoms in total. The molecule has 5 N–H and O–H groups in total. The summed E-state index contributed by atoms with van der Waals surface area (Å²) in [5, 5.41) is 23.9. The van der Waals surface area contributed by atoms with E-state index in [-0.39, 0.29) is 47.0 Å². The number of nitrogens with one attached hydrogen (secondary N) is 1. The number of phenols is 1. The number of Topliss-reactive ketones (excluding diaryl/α,β-unsaturated/α-hetero) is 2. The predicted octanol–water partition coefficient (Wildman–Crippen LogP) is 4.23. The third kappa shape index (κ3) is 4.20. The van der Waals surface area contributed by atoms with Gasteiger partial charge in [-0.25, -0.2) is 0 Å². The van der Waals surface area contributed by atoms with Crippen molar-refractivity contribution >= 4 is 29.1 Å². The molecule has 3 aliphatic rings. The van der Waals surface area contributed by atoms with Gasteiger partial charge in [-0.15, -0.1) is 0 Å². The lowest BCUT2D eigenvalue weighted by atomic mass is 9.63. The molecule has 0 spiro atoms. The topological polar surface area (TPSA) is 147 Å². The van der Waals surface area contributed by atoms with E-state index in [1.54, 1.807) is 24.3 Å². The molecule has 0 aliphatic heterocycles. The highest BCUT2D eigenvalue weighted by Gasteiger charge is 2.46. The second-order valence-corrected chi connectivity index (χ2v) is 11.4. The molecular weight excluding hydrogens is 484 g/mol. The normalized spacial score (nSPS) is 22.7. The van der Waals surface area contributed by atoms with Crippen molar-refractivity contribution in [2.75, 3.05) is 5.32 Å². The number of hydrogen-bond donors (Lipinski definition) is 4. The van der Waals surface area contributed by atoms with Crippen molar-refractivity contribution in [2.45, 2.75) is 40.0 Å². The lowest BCUT2D eigenvalue weighted by molar-refractivity contribution is -0.125. The Morgan fingerprint density at radius 2 is 1.68 bits per heavy atom. The monoisotopic (exact) mass is 514 g/mol. The largest absolute Gasteiger partial charge is 0.511 e. The van der Waals surface area contributed by atoms with Crippen molar-refractivity contribution in [3.05, 3.63) is 70.5 Å². The molecule has 0 saturated carbocycles. The van der Waals surface area contributed by atoms with Crippen LogP contribution in [0.3, 0.4) is 0 Å². The summed E-state index contributed by atoms with van der Waals surface area (Å²) < 4.78 is 0. The van der Waals surface area contributed by atoms with Crippen LogP contribution < -0.4 is 11.1 Å². The zero-order valence-corrected chi connectivity index (χ0v) is 21.5. The minimum atomic E-state index is -0.974. The van der Waals surface area contributed by atoms with Gasteiger partial charge in [0.15, 0.2) is 11.6 Å². The van der Waals surface area contributed by atoms with Crippen LogP contribution in [0.4, 0.5) is 5.69 Å². The van der Waals surface area contributed by atoms with E-state index in [1.807, 2.05) is 32.9 Å². The summed E-state index contributed by atoms with van der Waals surface area (Å²) in [6.07, 6.45) is 2.71. The van der Waals surface area contributed by atoms with E-state index in [1.165, 1.54) is 6.07 Å². The quantitative estimate of drug-likeness (QED) is 0.451. The van der Waals surface area contributed by atoms with Crippen molar-refractivity contribution < 1.29 is 29.4 Å². The summed E-state index contributed by atoms with van der Waals surface area (Å²) in [7, 11) is 0. The fourth-order valence-electron chi connectivity index (χ4n) is 5.80. The Morgan fingerprint density at radius 1 is 1.00 bits per heavy atom. The fourth-order valence-corrected chi connectivity index (χ4v) is 5.80. The number of primary amides is 1. The molecule has 2 aromatic rings. The first kappa shape index (κ1) is 25.4. The van der Waals surface area contributed by atoms with Gasteiger partial charge in [0.25, 0.3) is 5.91 Å². The molecule has 0 bridgehead atoms. The highest BCUT2D eigenvalue weighted by atomic mass is 16.3. The van der Waals surface area contributed by atoms with E-state index < -0.39 is 28.6 Å². The third-order valence-electron chi connectivity index (χ3n) is 7.80. The zero-order chi connectivity index (χ0) is 27.5. The van der Waals surface area contributed by atoms with Crippen LogP contribution in [0.1, 0.15) is 49.5 Å². The van der Waals surface area contributed by atoms with Crippen molar-refractivity contribution in [3.8, 4) is 16.9 Å². The Kier molecular flexibility index (Phi) is 6.01. The standard InChI is InChI=1S/C30H30N2O6/c1-30(2,3)29(38)32-17-6-4-14(5-7-17)18-8-9-22(33)24-21(18)11-15-10-16-12-23(34)25(28(31)37)27(36)20(16)13-19(15)26(24)35/h4-9,13,15-16,20,33-34H,10-12H2,1-3H3,(H2,31,37)(H,32,38)/t15-,16+,20?/m1/s1. The summed E-state index contributed by atoms with van der Waals surface area (Å²) in [4.78, 5) is 50.7. The van der Waals surface area contributed by atoms with Gasteiger partial charge in [-0.05, 0) is 59.6 Å². The maximum atomic E-state index is 13.6. The molecule has 196 valence electrons. The van der Waals surface area contributed by atoms with Crippen LogP contribution in [0, 0.1) is 23.2 Å². The Balaban J connectivity index is 1.50. The molecule has 0 heterocycles. The van der Waals surface area contributed by atoms with Crippen LogP contribution in [0.15, 0.2) is 59.4 Å². The Bertz CT molecular complexity index is 1460. The molecule has 5 rings (SSSR count). The predicted molar refractivity (Wildman–Crippen MR) is 141 cm³/mol. The number of allylic oxidation sites excluding steroid dienone is 3. The Morgan fingerprint density at radius 3 is 2.32 bits per heavy atom. The number of amides is 2. The second kappa shape index (κ2) is 8.97. The summed E-state index contributed by atoms with van der Waals surface area (Å²) in [5.41, 5.74) is 8.08. The molecule has 3 aliphatic carbocycles. The van der Waals surface area contributed by atoms with Crippen molar-refractivity contribution in [3.63, 3.8) is 0 Å². The van der Waals surface area contributed by atoms with Crippen LogP contribution in [0.5, 0.6) is 5.75 Å². The second-order valence-electron chi connectivity index (χ2n) is 11.4. The third-order valence-corrected chi connectivity index (χ3v) is 7.80. The summed E-state index contributed by atoms with van der Waals surface area (Å²) in [6, 6.07) is 10.6. The Labute approximate surface area is 220 Å². The van der Waals surface area contributed by atoms with E-state index in [0.29, 0.717) is 24.1 Å². The number of aromatic hydroxyl groups is 1. The highest BCUT2D eigenvalue weighted by Crippen LogP contribution is 2.48. The van der Waals surface area contributed by atoms with Gasteiger partial charge in [0, 0.05) is 29.0 Å². The smallest absolute Gasteiger partial charge is 0.255 e. The van der Waals surface area contributed by atoms with Crippen molar-refractivity contribution in [1.82, 2.24) is 0 Å². The van der Waals surface area contributed by atoms with E-state index in [4.69, 9.17) is 5.73 Å². The van der Waals surface area contributed by atoms with Crippen LogP contribution in [-0.2, 0) is 20.8 Å². The van der Waals surface area contributed by atoms with E-state index in [9.17, 15) is 29.4 Å². The maximum absolute atomic E-state index is 13.6. The van der Waals surface area contributed by atoms with Crippen LogP contribution in [-0.4, -0.2) is 33.6 Å². The molecule has 0 aromatic heterocycles. The zero-order valence-electron chi connectivity index (χ0n) is 21.5. The summed E-state index contributed by atoms with van der Waals surface area (Å²) in [5.74, 6) is -3.56. The average molecular weight is 515 g/mol. The molecule has 2 amide bonds. The van der Waals surface area contributed by atoms with Gasteiger partial charge in [-0.2, -0.15) is 0 Å². The molecule has 3 atom stereocenters. The number of aliphatic hydroxyl groups excluding tert-OH is 1. The van der Waals surface area contributed by atoms with Crippen LogP contribution in [0.25, 0.3) is 11.1 Å². The molecule has 0 saturated heterocycles. The molecule has 0 fully saturated rings. The molecule has 1 unspecified atom stereocenters. The minimum Gasteiger partial charge on any atom is -0.511 e. The summed E-state index contributed by atoms with van der Waals surface area (Å²) in [6.45, 7) is 5.51. The number of carbonyl (C=O) groups excluding carboxylic acids is 4. The van der Waals surface area contributed by atoms with Crippen LogP contribution >= 0.6 is 0 Å². The number of hydrogen-bond acceptors (Lipinski definition) is 6. The van der Waals surface area contributed by atoms with Gasteiger partial charge in [-0.1, -0.05) is 45.0 Å². The SMILES string of the molecule is CC(C)(C)C(=O)Nc1ccc(-c2ccc(O)c3c2C[C@H]2C[C@H]4CC(O)=C(C(N)=O)C(=O)C4C=C2C3=O)cc1. The number of anilines is 1. The van der Waals surface area contributed by atoms with Crippen LogP contribution in [0.2, 0.25) is 0 Å². The van der Waals surface area contributed by atoms with Gasteiger partial charge in [-0.3, -0.25) is 19.2 Å². The minimum absolute atomic E-state index is 0.0993. The highest BCUT2D eigenvalue weighted by molar-refractivity contribution is 6.21. The van der Waals surface area contributed by atoms with Gasteiger partial charge < -0.3 is 21.3 Å². The number of aliphatic hydroxyl groups is 1. The lowest BCUT2D eigenvalue weighted by Crippen LogP contribution is -2.40. The first-order valence-corrected chi connectivity index (χ1v) is 12.7. The fraction of sp³-hybridized carbons (Fsp3) is 0.333. The van der Waals surface area contributed by atoms with Crippen molar-refractivity contribution in [2.24, 2.45) is 28.9 Å². The lowest BCUT2D eigenvalue weighted by Gasteiger charge is -2.39. The molecule has 38 heavy (non-hydrogen) atoms. The van der Waals surface area contributed by atoms with Crippen molar-refractivity contribution in [1.29, 1.82) is 0 Å². The number of ketones is 2. The van der Waals surface area contributed by atoms with E-state index in [0.717, 1.165) is 16.7 Å². The Hall–Kier alpha value is -4.20. The molecule has 2 aromatic carbocycles. The van der Waals surface area contributed by atoms with Gasteiger partial charge in [0.05, 0.1) is 5.56 Å². The number of benzene rings is 2. The average Bonchev–Trinajstić information content (AvgIpc) is 2.83. The van der Waals surface area contributed by atoms with Gasteiger partial charge in [0.2, 0.25) is 5.91 Å². The first-order valence-electron chi connectivity index (χ1n) is 12.7. The van der Waals surface area contributed by atoms with Gasteiger partial charge in [0.1, 0.15) is 17.1 Å². The molecule has 0 radical (unpaired) electrons. The summed E-state index contributed by atoms with van der Waals surface area (Å²) >= 11 is 0. The number of fused-ring (bicyclic) bond motifs is 3. The number of nitrogens with two attached hydrogens (primary N) is 1. The van der Waals surface area contributed by atoms with E-state index >= 15 is 0 Å². The maximum Gasteiger partial charge on any atom is 0.255 e. The number of phenolic OH excluding ortho intramolecular Hbond substituents is 1. The molecular formula is C30H30N2O6. The van der Waals surface area contributed by atoms with E-state index in [2.05, 4.69) is 5.32 Å².